The number of amides is 2. The lowest BCUT2D eigenvalue weighted by atomic mass is 10.3. The fraction of sp³-hybridized carbons (Fsp3) is 0.571. The van der Waals surface area contributed by atoms with Crippen molar-refractivity contribution in [1.29, 1.82) is 0 Å². The van der Waals surface area contributed by atoms with Crippen molar-refractivity contribution >= 4 is 21.7 Å². The SMILES string of the molecule is C[C@@H]1CN(S(=O)(=O)CCNC(=O)Nc2cccnc2)C[C@@H](C)O1. The van der Waals surface area contributed by atoms with Crippen LogP contribution in [0, 0.1) is 0 Å². The predicted octanol–water partition coefficient (Wildman–Crippen LogP) is 0.642. The van der Waals surface area contributed by atoms with E-state index in [2.05, 4.69) is 15.6 Å². The number of ether oxygens (including phenoxy) is 1. The van der Waals surface area contributed by atoms with Crippen LogP contribution in [0.15, 0.2) is 24.5 Å². The van der Waals surface area contributed by atoms with Crippen LogP contribution >= 0.6 is 0 Å². The van der Waals surface area contributed by atoms with E-state index in [9.17, 15) is 13.2 Å². The highest BCUT2D eigenvalue weighted by molar-refractivity contribution is 7.89. The van der Waals surface area contributed by atoms with Gasteiger partial charge in [-0.1, -0.05) is 0 Å². The van der Waals surface area contributed by atoms with E-state index in [0.717, 1.165) is 0 Å². The second kappa shape index (κ2) is 7.71. The third-order valence-electron chi connectivity index (χ3n) is 3.34. The minimum atomic E-state index is -3.42. The summed E-state index contributed by atoms with van der Waals surface area (Å²) in [7, 11) is -3.42. The van der Waals surface area contributed by atoms with Gasteiger partial charge >= 0.3 is 6.03 Å². The van der Waals surface area contributed by atoms with E-state index in [0.29, 0.717) is 18.8 Å². The number of sulfonamides is 1. The van der Waals surface area contributed by atoms with E-state index in [-0.39, 0.29) is 24.5 Å². The van der Waals surface area contributed by atoms with Crippen molar-refractivity contribution in [3.63, 3.8) is 0 Å². The second-order valence-corrected chi connectivity index (χ2v) is 7.60. The second-order valence-electron chi connectivity index (χ2n) is 5.51. The first-order valence-electron chi connectivity index (χ1n) is 7.45. The monoisotopic (exact) mass is 342 g/mol. The summed E-state index contributed by atoms with van der Waals surface area (Å²) >= 11 is 0. The number of aromatic nitrogens is 1. The smallest absolute Gasteiger partial charge is 0.319 e. The van der Waals surface area contributed by atoms with Crippen molar-refractivity contribution in [1.82, 2.24) is 14.6 Å². The van der Waals surface area contributed by atoms with Gasteiger partial charge in [-0.25, -0.2) is 13.2 Å². The molecule has 1 aliphatic rings. The van der Waals surface area contributed by atoms with E-state index >= 15 is 0 Å². The van der Waals surface area contributed by atoms with Crippen molar-refractivity contribution in [2.75, 3.05) is 30.7 Å². The molecular formula is C14H22N4O4S. The van der Waals surface area contributed by atoms with Crippen molar-refractivity contribution in [3.8, 4) is 0 Å². The molecule has 2 rings (SSSR count). The molecule has 1 saturated heterocycles. The van der Waals surface area contributed by atoms with Crippen LogP contribution in [0.2, 0.25) is 0 Å². The summed E-state index contributed by atoms with van der Waals surface area (Å²) in [5.41, 5.74) is 0.545. The van der Waals surface area contributed by atoms with Gasteiger partial charge in [-0.05, 0) is 26.0 Å². The van der Waals surface area contributed by atoms with Gasteiger partial charge in [0.05, 0.1) is 29.8 Å². The maximum absolute atomic E-state index is 12.3. The van der Waals surface area contributed by atoms with Gasteiger partial charge in [-0.2, -0.15) is 4.31 Å². The zero-order valence-corrected chi connectivity index (χ0v) is 14.0. The molecule has 0 aromatic carbocycles. The first kappa shape index (κ1) is 17.6. The molecule has 8 nitrogen and oxygen atoms in total. The number of carbonyl (C=O) groups excluding carboxylic acids is 1. The van der Waals surface area contributed by atoms with Crippen LogP contribution in [0.3, 0.4) is 0 Å². The summed E-state index contributed by atoms with van der Waals surface area (Å²) in [6.07, 6.45) is 2.85. The van der Waals surface area contributed by atoms with E-state index < -0.39 is 16.1 Å². The van der Waals surface area contributed by atoms with Gasteiger partial charge in [0.25, 0.3) is 0 Å². The molecule has 0 unspecified atom stereocenters. The van der Waals surface area contributed by atoms with E-state index in [4.69, 9.17) is 4.74 Å². The van der Waals surface area contributed by atoms with Gasteiger partial charge in [-0.15, -0.1) is 0 Å². The minimum Gasteiger partial charge on any atom is -0.373 e. The summed E-state index contributed by atoms with van der Waals surface area (Å²) in [5, 5.41) is 5.11. The number of morpholine rings is 1. The molecule has 2 amide bonds. The molecule has 1 aromatic heterocycles. The Hall–Kier alpha value is -1.71. The largest absolute Gasteiger partial charge is 0.373 e. The van der Waals surface area contributed by atoms with E-state index in [1.807, 2.05) is 13.8 Å². The fourth-order valence-electron chi connectivity index (χ4n) is 2.39. The first-order chi connectivity index (χ1) is 10.9. The molecule has 2 N–H and O–H groups in total. The van der Waals surface area contributed by atoms with Crippen molar-refractivity contribution in [2.45, 2.75) is 26.1 Å². The number of nitrogens with one attached hydrogen (secondary N) is 2. The molecule has 0 saturated carbocycles. The molecule has 0 radical (unpaired) electrons. The average Bonchev–Trinajstić information content (AvgIpc) is 2.47. The van der Waals surface area contributed by atoms with Gasteiger partial charge in [0, 0.05) is 25.8 Å². The molecule has 2 heterocycles. The van der Waals surface area contributed by atoms with Crippen LogP contribution in [-0.4, -0.2) is 61.3 Å². The quantitative estimate of drug-likeness (QED) is 0.818. The van der Waals surface area contributed by atoms with Crippen LogP contribution in [0.5, 0.6) is 0 Å². The molecule has 0 bridgehead atoms. The Balaban J connectivity index is 1.79. The highest BCUT2D eigenvalue weighted by atomic mass is 32.2. The molecule has 1 aliphatic heterocycles. The number of hydrogen-bond acceptors (Lipinski definition) is 5. The number of anilines is 1. The molecule has 1 fully saturated rings. The molecule has 128 valence electrons. The Labute approximate surface area is 136 Å². The van der Waals surface area contributed by atoms with Crippen molar-refractivity contribution in [3.05, 3.63) is 24.5 Å². The summed E-state index contributed by atoms with van der Waals surface area (Å²) < 4.78 is 31.6. The average molecular weight is 342 g/mol. The fourth-order valence-corrected chi connectivity index (χ4v) is 3.88. The zero-order valence-electron chi connectivity index (χ0n) is 13.2. The Morgan fingerprint density at radius 1 is 1.39 bits per heavy atom. The summed E-state index contributed by atoms with van der Waals surface area (Å²) in [6, 6.07) is 2.93. The van der Waals surface area contributed by atoms with Crippen LogP contribution in [-0.2, 0) is 14.8 Å². The molecule has 1 aromatic rings. The lowest BCUT2D eigenvalue weighted by Gasteiger charge is -2.34. The van der Waals surface area contributed by atoms with Gasteiger partial charge < -0.3 is 15.4 Å². The highest BCUT2D eigenvalue weighted by Gasteiger charge is 2.30. The van der Waals surface area contributed by atoms with Crippen LogP contribution in [0.4, 0.5) is 10.5 Å². The zero-order chi connectivity index (χ0) is 16.9. The third-order valence-corrected chi connectivity index (χ3v) is 5.15. The maximum atomic E-state index is 12.3. The number of pyridine rings is 1. The van der Waals surface area contributed by atoms with Crippen LogP contribution < -0.4 is 10.6 Å². The van der Waals surface area contributed by atoms with Gasteiger partial charge in [0.2, 0.25) is 10.0 Å². The van der Waals surface area contributed by atoms with Gasteiger partial charge in [0.15, 0.2) is 0 Å². The van der Waals surface area contributed by atoms with E-state index in [1.54, 1.807) is 18.3 Å². The lowest BCUT2D eigenvalue weighted by molar-refractivity contribution is -0.0440. The van der Waals surface area contributed by atoms with E-state index in [1.165, 1.54) is 10.5 Å². The molecule has 0 spiro atoms. The predicted molar refractivity (Wildman–Crippen MR) is 86.6 cm³/mol. The normalized spacial score (nSPS) is 22.5. The number of nitrogens with zero attached hydrogens (tertiary/aromatic N) is 2. The molecule has 23 heavy (non-hydrogen) atoms. The number of carbonyl (C=O) groups is 1. The summed E-state index contributed by atoms with van der Waals surface area (Å²) in [6.45, 7) is 4.41. The third kappa shape index (κ3) is 5.45. The number of hydrogen-bond donors (Lipinski definition) is 2. The van der Waals surface area contributed by atoms with Crippen LogP contribution in [0.25, 0.3) is 0 Å². The number of urea groups is 1. The summed E-state index contributed by atoms with van der Waals surface area (Å²) in [5.74, 6) is -0.146. The van der Waals surface area contributed by atoms with Gasteiger partial charge in [-0.3, -0.25) is 4.98 Å². The minimum absolute atomic E-state index is 0.0363. The molecular weight excluding hydrogens is 320 g/mol. The molecule has 0 aliphatic carbocycles. The Morgan fingerprint density at radius 3 is 2.70 bits per heavy atom. The Morgan fingerprint density at radius 2 is 2.09 bits per heavy atom. The first-order valence-corrected chi connectivity index (χ1v) is 9.06. The maximum Gasteiger partial charge on any atom is 0.319 e. The Bertz CT molecular complexity index is 613. The standard InChI is InChI=1S/C14H22N4O4S/c1-11-9-18(10-12(2)22-11)23(20,21)7-6-16-14(19)17-13-4-3-5-15-8-13/h3-5,8,11-12H,6-7,9-10H2,1-2H3,(H2,16,17,19)/t11-,12-/m1/s1. The Kier molecular flexibility index (Phi) is 5.91. The molecule has 2 atom stereocenters. The van der Waals surface area contributed by atoms with Gasteiger partial charge in [0.1, 0.15) is 0 Å². The van der Waals surface area contributed by atoms with Crippen molar-refractivity contribution < 1.29 is 17.9 Å². The highest BCUT2D eigenvalue weighted by Crippen LogP contribution is 2.14. The molecule has 9 heteroatoms. The summed E-state index contributed by atoms with van der Waals surface area (Å²) in [4.78, 5) is 15.6. The van der Waals surface area contributed by atoms with Crippen LogP contribution in [0.1, 0.15) is 13.8 Å². The lowest BCUT2D eigenvalue weighted by Crippen LogP contribution is -2.49. The topological polar surface area (TPSA) is 101 Å². The number of rotatable bonds is 5. The van der Waals surface area contributed by atoms with Crippen molar-refractivity contribution in [2.24, 2.45) is 0 Å².